The molecule has 13 heavy (non-hydrogen) atoms. The number of hydrogen-bond acceptors (Lipinski definition) is 0. The number of hydrogen-bond donors (Lipinski definition) is 0. The third-order valence-corrected chi connectivity index (χ3v) is 4.66. The van der Waals surface area contributed by atoms with Crippen molar-refractivity contribution in [2.24, 2.45) is 0 Å². The summed E-state index contributed by atoms with van der Waals surface area (Å²) in [5.74, 6) is 0. The molecule has 0 aliphatic heterocycles. The molecular formula is C10H14Cl2Si. The average Bonchev–Trinajstić information content (AvgIpc) is 2.04. The second-order valence-corrected chi connectivity index (χ2v) is 10.8. The molecule has 0 bridgehead atoms. The van der Waals surface area contributed by atoms with Crippen LogP contribution in [0.15, 0.2) is 24.3 Å². The lowest BCUT2D eigenvalue weighted by molar-refractivity contribution is 0.922. The monoisotopic (exact) mass is 232 g/mol. The van der Waals surface area contributed by atoms with Gasteiger partial charge in [-0.1, -0.05) is 37.6 Å². The van der Waals surface area contributed by atoms with E-state index >= 15 is 0 Å². The van der Waals surface area contributed by atoms with E-state index in [1.807, 2.05) is 6.55 Å². The first-order chi connectivity index (χ1) is 6.04. The maximum Gasteiger partial charge on any atom is 0.277 e. The van der Waals surface area contributed by atoms with Crippen molar-refractivity contribution >= 4 is 34.0 Å². The first kappa shape index (κ1) is 11.1. The first-order valence-electron chi connectivity index (χ1n) is 4.51. The van der Waals surface area contributed by atoms with Crippen LogP contribution in [0.2, 0.25) is 6.55 Å². The van der Waals surface area contributed by atoms with Crippen LogP contribution >= 0.6 is 22.2 Å². The van der Waals surface area contributed by atoms with Crippen molar-refractivity contribution in [3.63, 3.8) is 0 Å². The molecule has 0 nitrogen and oxygen atoms in total. The zero-order chi connectivity index (χ0) is 9.90. The number of halogens is 2. The molecule has 0 aliphatic rings. The Labute approximate surface area is 90.3 Å². The highest BCUT2D eigenvalue weighted by atomic mass is 35.7. The molecule has 3 heteroatoms. The van der Waals surface area contributed by atoms with Crippen LogP contribution in [0.3, 0.4) is 0 Å². The molecule has 1 aromatic carbocycles. The number of aryl methyl sites for hydroxylation is 1. The fourth-order valence-electron chi connectivity index (χ4n) is 1.25. The average molecular weight is 233 g/mol. The topological polar surface area (TPSA) is 0 Å². The van der Waals surface area contributed by atoms with Crippen LogP contribution in [0.4, 0.5) is 0 Å². The Morgan fingerprint density at radius 3 is 2.08 bits per heavy atom. The summed E-state index contributed by atoms with van der Waals surface area (Å²) in [6.07, 6.45) is 2.30. The molecule has 0 spiro atoms. The molecule has 0 unspecified atom stereocenters. The standard InChI is InChI=1S/C10H14Cl2Si/c1-3-4-9-5-7-10(8-6-9)13(2,11)12/h5-8H,3-4H2,1-2H3. The predicted molar refractivity (Wildman–Crippen MR) is 63.4 cm³/mol. The van der Waals surface area contributed by atoms with Gasteiger partial charge in [-0.3, -0.25) is 0 Å². The summed E-state index contributed by atoms with van der Waals surface area (Å²) in [5, 5.41) is 1.09. The van der Waals surface area contributed by atoms with Crippen molar-refractivity contribution in [3.8, 4) is 0 Å². The molecule has 1 aromatic rings. The van der Waals surface area contributed by atoms with Crippen molar-refractivity contribution in [2.45, 2.75) is 26.3 Å². The molecule has 0 atom stereocenters. The maximum absolute atomic E-state index is 6.09. The second-order valence-electron chi connectivity index (χ2n) is 3.34. The van der Waals surface area contributed by atoms with Crippen LogP contribution < -0.4 is 5.19 Å². The molecule has 0 saturated heterocycles. The van der Waals surface area contributed by atoms with Gasteiger partial charge in [0.2, 0.25) is 0 Å². The van der Waals surface area contributed by atoms with Crippen LogP contribution in [0.1, 0.15) is 18.9 Å². The molecular weight excluding hydrogens is 219 g/mol. The van der Waals surface area contributed by atoms with E-state index in [0.29, 0.717) is 0 Å². The molecule has 1 rings (SSSR count). The van der Waals surface area contributed by atoms with E-state index in [1.165, 1.54) is 12.0 Å². The molecule has 0 radical (unpaired) electrons. The maximum atomic E-state index is 6.09. The van der Waals surface area contributed by atoms with Gasteiger partial charge in [0.25, 0.3) is 6.69 Å². The van der Waals surface area contributed by atoms with Crippen LogP contribution in [0.25, 0.3) is 0 Å². The fraction of sp³-hybridized carbons (Fsp3) is 0.400. The Hall–Kier alpha value is 0.0169. The molecule has 72 valence electrons. The molecule has 0 aliphatic carbocycles. The van der Waals surface area contributed by atoms with E-state index in [9.17, 15) is 0 Å². The summed E-state index contributed by atoms with van der Waals surface area (Å²) in [7, 11) is 0. The SMILES string of the molecule is CCCc1ccc([Si](C)(Cl)Cl)cc1. The predicted octanol–water partition coefficient (Wildman–Crippen LogP) is 3.40. The Bertz CT molecular complexity index is 261. The quantitative estimate of drug-likeness (QED) is 0.554. The van der Waals surface area contributed by atoms with Gasteiger partial charge < -0.3 is 0 Å². The van der Waals surface area contributed by atoms with E-state index in [1.54, 1.807) is 0 Å². The molecule has 0 fully saturated rings. The van der Waals surface area contributed by atoms with Crippen LogP contribution in [-0.4, -0.2) is 6.69 Å². The first-order valence-corrected chi connectivity index (χ1v) is 9.03. The van der Waals surface area contributed by atoms with Crippen molar-refractivity contribution in [1.82, 2.24) is 0 Å². The summed E-state index contributed by atoms with van der Waals surface area (Å²) in [5.41, 5.74) is 1.36. The van der Waals surface area contributed by atoms with Gasteiger partial charge >= 0.3 is 0 Å². The Morgan fingerprint density at radius 2 is 1.69 bits per heavy atom. The van der Waals surface area contributed by atoms with Gasteiger partial charge in [-0.05, 0) is 23.7 Å². The largest absolute Gasteiger partial charge is 0.277 e. The van der Waals surface area contributed by atoms with Crippen LogP contribution in [0.5, 0.6) is 0 Å². The lowest BCUT2D eigenvalue weighted by Gasteiger charge is -2.10. The lowest BCUT2D eigenvalue weighted by atomic mass is 10.1. The summed E-state index contributed by atoms with van der Waals surface area (Å²) < 4.78 is 0. The molecule has 0 N–H and O–H groups in total. The van der Waals surface area contributed by atoms with Gasteiger partial charge in [0.05, 0.1) is 0 Å². The van der Waals surface area contributed by atoms with E-state index < -0.39 is 6.69 Å². The molecule has 0 amide bonds. The molecule has 0 saturated carbocycles. The smallest absolute Gasteiger partial charge is 0.140 e. The zero-order valence-corrected chi connectivity index (χ0v) is 10.5. The van der Waals surface area contributed by atoms with Crippen LogP contribution in [0, 0.1) is 0 Å². The van der Waals surface area contributed by atoms with Gasteiger partial charge in [-0.25, -0.2) is 0 Å². The van der Waals surface area contributed by atoms with Gasteiger partial charge in [-0.2, -0.15) is 0 Å². The molecule has 0 aromatic heterocycles. The minimum atomic E-state index is -2.13. The van der Waals surface area contributed by atoms with Gasteiger partial charge in [0.15, 0.2) is 0 Å². The van der Waals surface area contributed by atoms with Crippen molar-refractivity contribution < 1.29 is 0 Å². The third-order valence-electron chi connectivity index (χ3n) is 2.00. The summed E-state index contributed by atoms with van der Waals surface area (Å²) in [6.45, 7) is 1.96. The lowest BCUT2D eigenvalue weighted by Crippen LogP contribution is -2.32. The minimum Gasteiger partial charge on any atom is -0.140 e. The Kier molecular flexibility index (Phi) is 3.83. The zero-order valence-electron chi connectivity index (χ0n) is 7.98. The van der Waals surface area contributed by atoms with E-state index in [-0.39, 0.29) is 0 Å². The number of rotatable bonds is 3. The highest BCUT2D eigenvalue weighted by molar-refractivity contribution is 7.50. The summed E-state index contributed by atoms with van der Waals surface area (Å²) >= 11 is 12.2. The van der Waals surface area contributed by atoms with Crippen molar-refractivity contribution in [1.29, 1.82) is 0 Å². The Balaban J connectivity index is 2.81. The summed E-state index contributed by atoms with van der Waals surface area (Å²) in [6, 6.07) is 8.35. The van der Waals surface area contributed by atoms with Gasteiger partial charge in [-0.15, -0.1) is 22.2 Å². The molecule has 0 heterocycles. The van der Waals surface area contributed by atoms with E-state index in [2.05, 4.69) is 31.2 Å². The van der Waals surface area contributed by atoms with Gasteiger partial charge in [0.1, 0.15) is 0 Å². The van der Waals surface area contributed by atoms with E-state index in [4.69, 9.17) is 22.2 Å². The van der Waals surface area contributed by atoms with Gasteiger partial charge in [0, 0.05) is 0 Å². The normalized spacial score (nSPS) is 11.7. The van der Waals surface area contributed by atoms with E-state index in [0.717, 1.165) is 11.6 Å². The second kappa shape index (κ2) is 4.49. The fourth-order valence-corrected chi connectivity index (χ4v) is 2.76. The van der Waals surface area contributed by atoms with Crippen molar-refractivity contribution in [3.05, 3.63) is 29.8 Å². The highest BCUT2D eigenvalue weighted by Gasteiger charge is 2.23. The highest BCUT2D eigenvalue weighted by Crippen LogP contribution is 2.14. The van der Waals surface area contributed by atoms with Crippen LogP contribution in [-0.2, 0) is 6.42 Å². The number of benzene rings is 1. The minimum absolute atomic E-state index is 1.09. The third kappa shape index (κ3) is 3.33. The van der Waals surface area contributed by atoms with Crippen molar-refractivity contribution in [2.75, 3.05) is 0 Å². The summed E-state index contributed by atoms with van der Waals surface area (Å²) in [4.78, 5) is 0. The Morgan fingerprint density at radius 1 is 1.15 bits per heavy atom.